The Bertz CT molecular complexity index is 937. The molecule has 116 valence electrons. The van der Waals surface area contributed by atoms with Crippen molar-refractivity contribution in [3.8, 4) is 0 Å². The van der Waals surface area contributed by atoms with Gasteiger partial charge in [-0.25, -0.2) is 0 Å². The van der Waals surface area contributed by atoms with Crippen molar-refractivity contribution < 1.29 is 9.72 Å². The molecule has 0 fully saturated rings. The lowest BCUT2D eigenvalue weighted by Gasteiger charge is -2.08. The van der Waals surface area contributed by atoms with Gasteiger partial charge in [0, 0.05) is 23.1 Å². The molecule has 0 aliphatic heterocycles. The summed E-state index contributed by atoms with van der Waals surface area (Å²) in [5.41, 5.74) is 0.437. The summed E-state index contributed by atoms with van der Waals surface area (Å²) in [7, 11) is 1.51. The number of carbonyl (C=O) groups excluding carboxylic acids is 1. The number of nitrogens with zero attached hydrogens (tertiary/aromatic N) is 4. The second kappa shape index (κ2) is 5.76. The standard InChI is InChI=1S/C14H10BrN5O3/c1-19-7-11(20(22)23)13(18-19)14(21)17-10-5-4-9(15)8-3-2-6-16-12(8)10/h2-7H,1H3,(H,17,21). The molecule has 3 rings (SSSR count). The molecular formula is C14H10BrN5O3. The summed E-state index contributed by atoms with van der Waals surface area (Å²) in [5, 5.41) is 18.3. The van der Waals surface area contributed by atoms with Crippen LogP contribution in [-0.4, -0.2) is 25.6 Å². The Morgan fingerprint density at radius 3 is 2.91 bits per heavy atom. The summed E-state index contributed by atoms with van der Waals surface area (Å²) in [5.74, 6) is -0.661. The first kappa shape index (κ1) is 15.1. The molecule has 1 amide bonds. The fraction of sp³-hybridized carbons (Fsp3) is 0.0714. The fourth-order valence-electron chi connectivity index (χ4n) is 2.19. The van der Waals surface area contributed by atoms with E-state index >= 15 is 0 Å². The summed E-state index contributed by atoms with van der Waals surface area (Å²) < 4.78 is 2.06. The van der Waals surface area contributed by atoms with Crippen molar-refractivity contribution in [1.82, 2.24) is 14.8 Å². The number of aryl methyl sites for hydroxylation is 1. The zero-order chi connectivity index (χ0) is 16.6. The van der Waals surface area contributed by atoms with Crippen LogP contribution in [0.25, 0.3) is 10.9 Å². The molecule has 2 aromatic heterocycles. The number of halogens is 1. The van der Waals surface area contributed by atoms with Crippen LogP contribution in [0.15, 0.2) is 41.1 Å². The van der Waals surface area contributed by atoms with Crippen molar-refractivity contribution in [2.24, 2.45) is 7.05 Å². The molecule has 23 heavy (non-hydrogen) atoms. The van der Waals surface area contributed by atoms with E-state index in [1.54, 1.807) is 24.4 Å². The van der Waals surface area contributed by atoms with Gasteiger partial charge < -0.3 is 5.32 Å². The van der Waals surface area contributed by atoms with Gasteiger partial charge in [-0.05, 0) is 18.2 Å². The first-order valence-electron chi connectivity index (χ1n) is 6.50. The molecular weight excluding hydrogens is 366 g/mol. The van der Waals surface area contributed by atoms with Gasteiger partial charge >= 0.3 is 5.69 Å². The van der Waals surface area contributed by atoms with Gasteiger partial charge in [0.05, 0.1) is 16.1 Å². The highest BCUT2D eigenvalue weighted by atomic mass is 79.9. The molecule has 9 heteroatoms. The summed E-state index contributed by atoms with van der Waals surface area (Å²) in [4.78, 5) is 27.0. The molecule has 0 spiro atoms. The Morgan fingerprint density at radius 1 is 1.39 bits per heavy atom. The number of rotatable bonds is 3. The van der Waals surface area contributed by atoms with E-state index in [9.17, 15) is 14.9 Å². The largest absolute Gasteiger partial charge is 0.320 e. The number of nitrogens with one attached hydrogen (secondary N) is 1. The van der Waals surface area contributed by atoms with E-state index in [0.29, 0.717) is 11.2 Å². The minimum atomic E-state index is -0.661. The number of pyridine rings is 1. The first-order chi connectivity index (χ1) is 11.0. The Labute approximate surface area is 138 Å². The molecule has 1 aromatic carbocycles. The smallest absolute Gasteiger partial charge is 0.318 e. The van der Waals surface area contributed by atoms with E-state index < -0.39 is 10.8 Å². The Morgan fingerprint density at radius 2 is 2.17 bits per heavy atom. The molecule has 1 N–H and O–H groups in total. The Kier molecular flexibility index (Phi) is 3.78. The second-order valence-corrected chi connectivity index (χ2v) is 5.60. The van der Waals surface area contributed by atoms with Crippen molar-refractivity contribution in [2.45, 2.75) is 0 Å². The number of anilines is 1. The molecule has 2 heterocycles. The van der Waals surface area contributed by atoms with Gasteiger partial charge in [0.25, 0.3) is 5.91 Å². The van der Waals surface area contributed by atoms with Crippen molar-refractivity contribution in [1.29, 1.82) is 0 Å². The van der Waals surface area contributed by atoms with Crippen LogP contribution in [0.3, 0.4) is 0 Å². The van der Waals surface area contributed by atoms with E-state index in [1.165, 1.54) is 17.9 Å². The number of benzene rings is 1. The average Bonchev–Trinajstić information content (AvgIpc) is 2.93. The SMILES string of the molecule is Cn1cc([N+](=O)[O-])c(C(=O)Nc2ccc(Br)c3cccnc23)n1. The number of amides is 1. The van der Waals surface area contributed by atoms with Crippen LogP contribution in [0.2, 0.25) is 0 Å². The van der Waals surface area contributed by atoms with Crippen LogP contribution in [0.1, 0.15) is 10.5 Å². The average molecular weight is 376 g/mol. The molecule has 0 saturated carbocycles. The minimum absolute atomic E-state index is 0.246. The highest BCUT2D eigenvalue weighted by molar-refractivity contribution is 9.10. The van der Waals surface area contributed by atoms with Gasteiger partial charge in [-0.15, -0.1) is 0 Å². The highest BCUT2D eigenvalue weighted by Crippen LogP contribution is 2.29. The quantitative estimate of drug-likeness (QED) is 0.559. The number of nitro groups is 1. The van der Waals surface area contributed by atoms with E-state index in [-0.39, 0.29) is 11.4 Å². The molecule has 0 bridgehead atoms. The van der Waals surface area contributed by atoms with E-state index in [2.05, 4.69) is 31.3 Å². The monoisotopic (exact) mass is 375 g/mol. The topological polar surface area (TPSA) is 103 Å². The zero-order valence-electron chi connectivity index (χ0n) is 11.9. The number of aromatic nitrogens is 3. The minimum Gasteiger partial charge on any atom is -0.318 e. The first-order valence-corrected chi connectivity index (χ1v) is 7.29. The number of carbonyl (C=O) groups is 1. The molecule has 3 aromatic rings. The molecule has 0 saturated heterocycles. The lowest BCUT2D eigenvalue weighted by atomic mass is 10.2. The van der Waals surface area contributed by atoms with Crippen LogP contribution in [0.5, 0.6) is 0 Å². The summed E-state index contributed by atoms with van der Waals surface area (Å²) in [6.45, 7) is 0. The van der Waals surface area contributed by atoms with E-state index in [0.717, 1.165) is 9.86 Å². The maximum atomic E-state index is 12.4. The summed E-state index contributed by atoms with van der Waals surface area (Å²) in [6.07, 6.45) is 2.79. The lowest BCUT2D eigenvalue weighted by molar-refractivity contribution is -0.385. The lowest BCUT2D eigenvalue weighted by Crippen LogP contribution is -2.15. The zero-order valence-corrected chi connectivity index (χ0v) is 13.4. The van der Waals surface area contributed by atoms with Gasteiger partial charge in [-0.1, -0.05) is 22.0 Å². The predicted molar refractivity (Wildman–Crippen MR) is 87.3 cm³/mol. The van der Waals surface area contributed by atoms with Gasteiger partial charge in [-0.3, -0.25) is 24.6 Å². The fourth-order valence-corrected chi connectivity index (χ4v) is 2.64. The van der Waals surface area contributed by atoms with Gasteiger partial charge in [0.15, 0.2) is 0 Å². The normalized spacial score (nSPS) is 10.7. The van der Waals surface area contributed by atoms with Crippen LogP contribution < -0.4 is 5.32 Å². The summed E-state index contributed by atoms with van der Waals surface area (Å²) >= 11 is 3.42. The van der Waals surface area contributed by atoms with Crippen molar-refractivity contribution in [2.75, 3.05) is 5.32 Å². The predicted octanol–water partition coefficient (Wildman–Crippen LogP) is 2.89. The van der Waals surface area contributed by atoms with E-state index in [4.69, 9.17) is 0 Å². The summed E-state index contributed by atoms with van der Waals surface area (Å²) in [6, 6.07) is 7.08. The third-order valence-corrected chi connectivity index (χ3v) is 3.88. The van der Waals surface area contributed by atoms with Crippen LogP contribution in [-0.2, 0) is 7.05 Å². The molecule has 0 aliphatic rings. The van der Waals surface area contributed by atoms with Crippen molar-refractivity contribution in [3.63, 3.8) is 0 Å². The van der Waals surface area contributed by atoms with Gasteiger partial charge in [0.2, 0.25) is 5.69 Å². The highest BCUT2D eigenvalue weighted by Gasteiger charge is 2.25. The second-order valence-electron chi connectivity index (χ2n) is 4.74. The molecule has 0 radical (unpaired) electrons. The van der Waals surface area contributed by atoms with Crippen molar-refractivity contribution in [3.05, 3.63) is 56.9 Å². The van der Waals surface area contributed by atoms with Crippen LogP contribution >= 0.6 is 15.9 Å². The van der Waals surface area contributed by atoms with Crippen LogP contribution in [0, 0.1) is 10.1 Å². The number of fused-ring (bicyclic) bond motifs is 1. The third-order valence-electron chi connectivity index (χ3n) is 3.19. The molecule has 0 aliphatic carbocycles. The van der Waals surface area contributed by atoms with Crippen molar-refractivity contribution >= 4 is 44.1 Å². The Balaban J connectivity index is 2.02. The molecule has 8 nitrogen and oxygen atoms in total. The maximum Gasteiger partial charge on any atom is 0.320 e. The molecule has 0 atom stereocenters. The third kappa shape index (κ3) is 2.78. The maximum absolute atomic E-state index is 12.4. The van der Waals surface area contributed by atoms with Gasteiger partial charge in [0.1, 0.15) is 6.20 Å². The van der Waals surface area contributed by atoms with E-state index in [1.807, 2.05) is 6.07 Å². The number of hydrogen-bond donors (Lipinski definition) is 1. The Hall–Kier alpha value is -2.81. The molecule has 0 unspecified atom stereocenters. The number of hydrogen-bond acceptors (Lipinski definition) is 5. The van der Waals surface area contributed by atoms with Gasteiger partial charge in [-0.2, -0.15) is 5.10 Å². The van der Waals surface area contributed by atoms with Crippen LogP contribution in [0.4, 0.5) is 11.4 Å².